The van der Waals surface area contributed by atoms with Crippen molar-refractivity contribution < 1.29 is 19.0 Å². The van der Waals surface area contributed by atoms with Crippen LogP contribution in [0.2, 0.25) is 0 Å². The van der Waals surface area contributed by atoms with Crippen LogP contribution in [0, 0.1) is 11.3 Å². The number of amides is 1. The third-order valence-corrected chi connectivity index (χ3v) is 5.27. The molecule has 1 saturated heterocycles. The van der Waals surface area contributed by atoms with Crippen molar-refractivity contribution in [1.29, 1.82) is 5.26 Å². The minimum atomic E-state index is -0.282. The predicted octanol–water partition coefficient (Wildman–Crippen LogP) is 0.750. The molecule has 1 aliphatic carbocycles. The van der Waals surface area contributed by atoms with Crippen LogP contribution in [0.15, 0.2) is 47.9 Å². The molecular formula is C21H21N3O4S. The molecule has 3 rings (SSSR count). The molecule has 0 saturated carbocycles. The van der Waals surface area contributed by atoms with Crippen molar-refractivity contribution in [3.05, 3.63) is 59.0 Å². The fourth-order valence-corrected chi connectivity index (χ4v) is 3.72. The Kier molecular flexibility index (Phi) is 6.88. The zero-order chi connectivity index (χ0) is 20.8. The molecule has 1 aromatic heterocycles. The molecule has 2 aliphatic rings. The molecule has 29 heavy (non-hydrogen) atoms. The van der Waals surface area contributed by atoms with Crippen molar-refractivity contribution in [2.24, 2.45) is 0 Å². The van der Waals surface area contributed by atoms with Crippen molar-refractivity contribution in [3.63, 3.8) is 0 Å². The number of ether oxygens (including phenoxy) is 3. The Morgan fingerprint density at radius 3 is 2.83 bits per heavy atom. The molecule has 1 N–H and O–H groups in total. The summed E-state index contributed by atoms with van der Waals surface area (Å²) in [5.41, 5.74) is 0.740. The Balaban J connectivity index is 1.74. The number of nitrogens with zero attached hydrogens (tertiary/aromatic N) is 2. The zero-order valence-corrected chi connectivity index (χ0v) is 16.8. The van der Waals surface area contributed by atoms with Crippen molar-refractivity contribution in [2.75, 3.05) is 26.1 Å². The maximum Gasteiger partial charge on any atom is 0.234 e. The number of pyridine rings is 1. The van der Waals surface area contributed by atoms with Gasteiger partial charge in [0.05, 0.1) is 42.7 Å². The number of hydrogen-bond acceptors (Lipinski definition) is 7. The van der Waals surface area contributed by atoms with Crippen molar-refractivity contribution >= 4 is 29.8 Å². The first-order valence-electron chi connectivity index (χ1n) is 8.92. The summed E-state index contributed by atoms with van der Waals surface area (Å²) in [5, 5.41) is 14.2. The van der Waals surface area contributed by atoms with Crippen LogP contribution in [0.3, 0.4) is 0 Å². The van der Waals surface area contributed by atoms with E-state index in [1.807, 2.05) is 12.2 Å². The number of nitriles is 1. The summed E-state index contributed by atoms with van der Waals surface area (Å²) in [5.74, 6) is 0.201. The van der Waals surface area contributed by atoms with Crippen LogP contribution >= 0.6 is 11.8 Å². The highest BCUT2D eigenvalue weighted by molar-refractivity contribution is 8.00. The minimum Gasteiger partial charge on any atom is -0.495 e. The fraction of sp³-hybridized carbons (Fsp3) is 0.286. The first kappa shape index (κ1) is 20.9. The lowest BCUT2D eigenvalue weighted by Gasteiger charge is -2.29. The lowest BCUT2D eigenvalue weighted by molar-refractivity contribution is -0.117. The summed E-state index contributed by atoms with van der Waals surface area (Å²) in [7, 11) is 1.48. The lowest BCUT2D eigenvalue weighted by atomic mass is 10.0. The molecule has 0 aromatic carbocycles. The van der Waals surface area contributed by atoms with Gasteiger partial charge in [-0.3, -0.25) is 4.79 Å². The molecule has 1 aromatic rings. The van der Waals surface area contributed by atoms with Crippen LogP contribution < -0.4 is 15.9 Å². The van der Waals surface area contributed by atoms with Gasteiger partial charge in [0, 0.05) is 5.22 Å². The number of fused-ring (bicyclic) bond motifs is 2. The number of thioether (sulfide) groups is 1. The number of carbonyl (C=O) groups is 1. The summed E-state index contributed by atoms with van der Waals surface area (Å²) < 4.78 is 16.5. The Hall–Kier alpha value is -2.86. The summed E-state index contributed by atoms with van der Waals surface area (Å²) >= 11 is 1.18. The van der Waals surface area contributed by atoms with Crippen molar-refractivity contribution in [2.45, 2.75) is 17.2 Å². The van der Waals surface area contributed by atoms with Gasteiger partial charge in [-0.2, -0.15) is 5.26 Å². The molecule has 0 radical (unpaired) electrons. The molecule has 2 unspecified atom stereocenters. The van der Waals surface area contributed by atoms with Crippen molar-refractivity contribution in [3.8, 4) is 6.07 Å². The maximum absolute atomic E-state index is 12.3. The van der Waals surface area contributed by atoms with E-state index >= 15 is 0 Å². The SMILES string of the molecule is C=C/C=C(/OC)C(=C)NC(=O)CSc1nc2c(cc1C#N)=CC1OCCOC1C=2. The minimum absolute atomic E-state index is 0.0694. The fourth-order valence-electron chi connectivity index (χ4n) is 2.96. The molecule has 1 amide bonds. The predicted molar refractivity (Wildman–Crippen MR) is 110 cm³/mol. The van der Waals surface area contributed by atoms with E-state index in [1.54, 1.807) is 18.2 Å². The van der Waals surface area contributed by atoms with E-state index < -0.39 is 0 Å². The van der Waals surface area contributed by atoms with E-state index in [-0.39, 0.29) is 23.9 Å². The number of rotatable bonds is 7. The Morgan fingerprint density at radius 2 is 2.17 bits per heavy atom. The number of hydrogen-bond donors (Lipinski definition) is 1. The molecule has 8 heteroatoms. The van der Waals surface area contributed by atoms with E-state index in [0.717, 1.165) is 10.6 Å². The second kappa shape index (κ2) is 9.56. The van der Waals surface area contributed by atoms with E-state index in [1.165, 1.54) is 18.9 Å². The van der Waals surface area contributed by atoms with E-state index in [2.05, 4.69) is 29.5 Å². The Labute approximate surface area is 173 Å². The zero-order valence-electron chi connectivity index (χ0n) is 16.0. The van der Waals surface area contributed by atoms with E-state index in [4.69, 9.17) is 14.2 Å². The topological polar surface area (TPSA) is 93.5 Å². The number of aromatic nitrogens is 1. The molecule has 2 atom stereocenters. The second-order valence-corrected chi connectivity index (χ2v) is 7.18. The Bertz CT molecular complexity index is 1030. The van der Waals surface area contributed by atoms with Gasteiger partial charge in [0.15, 0.2) is 0 Å². The highest BCUT2D eigenvalue weighted by Crippen LogP contribution is 2.19. The highest BCUT2D eigenvalue weighted by Gasteiger charge is 2.26. The average molecular weight is 411 g/mol. The van der Waals surface area contributed by atoms with Gasteiger partial charge in [-0.05, 0) is 24.3 Å². The van der Waals surface area contributed by atoms with Gasteiger partial charge >= 0.3 is 0 Å². The van der Waals surface area contributed by atoms with Crippen LogP contribution in [0.1, 0.15) is 5.56 Å². The highest BCUT2D eigenvalue weighted by atomic mass is 32.2. The average Bonchev–Trinajstić information content (AvgIpc) is 2.73. The molecule has 0 spiro atoms. The number of nitrogens with one attached hydrogen (secondary N) is 1. The van der Waals surface area contributed by atoms with E-state index in [0.29, 0.717) is 35.3 Å². The number of methoxy groups -OCH3 is 1. The van der Waals surface area contributed by atoms with Gasteiger partial charge in [-0.15, -0.1) is 0 Å². The summed E-state index contributed by atoms with van der Waals surface area (Å²) in [6.45, 7) is 8.45. The maximum atomic E-state index is 12.3. The van der Waals surface area contributed by atoms with Gasteiger partial charge in [0.1, 0.15) is 29.1 Å². The van der Waals surface area contributed by atoms with Gasteiger partial charge in [0.2, 0.25) is 5.91 Å². The van der Waals surface area contributed by atoms with Crippen molar-refractivity contribution in [1.82, 2.24) is 10.3 Å². The Morgan fingerprint density at radius 1 is 1.45 bits per heavy atom. The van der Waals surface area contributed by atoms with Gasteiger partial charge in [-0.25, -0.2) is 4.98 Å². The quantitative estimate of drug-likeness (QED) is 0.402. The first-order chi connectivity index (χ1) is 14.0. The molecule has 7 nitrogen and oxygen atoms in total. The summed E-state index contributed by atoms with van der Waals surface area (Å²) in [6, 6.07) is 3.91. The summed E-state index contributed by atoms with van der Waals surface area (Å²) in [6.07, 6.45) is 6.61. The van der Waals surface area contributed by atoms with Crippen LogP contribution in [0.4, 0.5) is 0 Å². The third kappa shape index (κ3) is 4.95. The smallest absolute Gasteiger partial charge is 0.234 e. The molecule has 150 valence electrons. The summed E-state index contributed by atoms with van der Waals surface area (Å²) in [4.78, 5) is 16.8. The molecular weight excluding hydrogens is 390 g/mol. The monoisotopic (exact) mass is 411 g/mol. The molecule has 1 fully saturated rings. The van der Waals surface area contributed by atoms with Crippen LogP contribution in [0.5, 0.6) is 0 Å². The molecule has 1 aliphatic heterocycles. The lowest BCUT2D eigenvalue weighted by Crippen LogP contribution is -2.45. The second-order valence-electron chi connectivity index (χ2n) is 6.22. The normalized spacial score (nSPS) is 20.1. The first-order valence-corrected chi connectivity index (χ1v) is 9.91. The van der Waals surface area contributed by atoms with Gasteiger partial charge in [-0.1, -0.05) is 31.0 Å². The largest absolute Gasteiger partial charge is 0.495 e. The standard InChI is InChI=1S/C21H21N3O4S/c1-4-5-17(26-3)13(2)23-20(25)12-29-21-15(11-22)8-14-9-18-19(10-16(14)24-21)28-7-6-27-18/h4-5,8-10,18-19H,1-2,6-7,12H2,3H3,(H,23,25)/b17-5+. The van der Waals surface area contributed by atoms with Crippen LogP contribution in [-0.2, 0) is 19.0 Å². The number of carbonyl (C=O) groups excluding carboxylic acids is 1. The van der Waals surface area contributed by atoms with Gasteiger partial charge < -0.3 is 19.5 Å². The third-order valence-electron chi connectivity index (χ3n) is 4.28. The number of allylic oxidation sites excluding steroid dienone is 2. The van der Waals surface area contributed by atoms with E-state index in [9.17, 15) is 10.1 Å². The van der Waals surface area contributed by atoms with Crippen LogP contribution in [0.25, 0.3) is 12.2 Å². The molecule has 2 heterocycles. The van der Waals surface area contributed by atoms with Gasteiger partial charge in [0.25, 0.3) is 0 Å². The van der Waals surface area contributed by atoms with Crippen LogP contribution in [-0.4, -0.2) is 49.2 Å². The molecule has 0 bridgehead atoms.